The highest BCUT2D eigenvalue weighted by molar-refractivity contribution is 7.13. The summed E-state index contributed by atoms with van der Waals surface area (Å²) in [6, 6.07) is 8.85. The monoisotopic (exact) mass is 386 g/mol. The Morgan fingerprint density at radius 2 is 2.23 bits per heavy atom. The van der Waals surface area contributed by atoms with Crippen molar-refractivity contribution in [2.24, 2.45) is 0 Å². The van der Waals surface area contributed by atoms with Crippen molar-refractivity contribution < 1.29 is 9.53 Å². The predicted octanol–water partition coefficient (Wildman–Crippen LogP) is 4.50. The molecule has 0 saturated carbocycles. The van der Waals surface area contributed by atoms with Crippen molar-refractivity contribution in [3.8, 4) is 16.3 Å². The molecule has 0 spiro atoms. The molecule has 0 saturated heterocycles. The van der Waals surface area contributed by atoms with Crippen LogP contribution in [0.3, 0.4) is 0 Å². The lowest BCUT2D eigenvalue weighted by Gasteiger charge is -2.27. The van der Waals surface area contributed by atoms with Crippen LogP contribution in [-0.2, 0) is 0 Å². The molecule has 1 aromatic carbocycles. The molecule has 2 N–H and O–H groups in total. The van der Waals surface area contributed by atoms with Gasteiger partial charge in [-0.25, -0.2) is 9.78 Å². The van der Waals surface area contributed by atoms with E-state index in [1.165, 1.54) is 11.3 Å². The van der Waals surface area contributed by atoms with E-state index in [9.17, 15) is 4.79 Å². The lowest BCUT2D eigenvalue weighted by atomic mass is 10.0. The number of amides is 2. The Kier molecular flexibility index (Phi) is 4.73. The summed E-state index contributed by atoms with van der Waals surface area (Å²) in [4.78, 5) is 20.9. The van der Waals surface area contributed by atoms with Crippen LogP contribution < -0.4 is 15.4 Å². The molecular formula is C18H15ClN4O2S. The molecule has 0 radical (unpaired) electrons. The van der Waals surface area contributed by atoms with Crippen LogP contribution in [-0.4, -0.2) is 22.6 Å². The molecule has 1 atom stereocenters. The molecule has 8 heteroatoms. The van der Waals surface area contributed by atoms with Crippen molar-refractivity contribution in [3.05, 3.63) is 58.7 Å². The van der Waals surface area contributed by atoms with E-state index >= 15 is 0 Å². The molecule has 132 valence electrons. The quantitative estimate of drug-likeness (QED) is 0.694. The van der Waals surface area contributed by atoms with Crippen LogP contribution >= 0.6 is 22.9 Å². The normalized spacial score (nSPS) is 15.7. The van der Waals surface area contributed by atoms with Gasteiger partial charge in [-0.15, -0.1) is 11.3 Å². The first-order valence-electron chi connectivity index (χ1n) is 8.05. The van der Waals surface area contributed by atoms with Gasteiger partial charge in [0.25, 0.3) is 0 Å². The summed E-state index contributed by atoms with van der Waals surface area (Å²) < 4.78 is 5.62. The average Bonchev–Trinajstić information content (AvgIpc) is 3.12. The van der Waals surface area contributed by atoms with E-state index in [4.69, 9.17) is 16.3 Å². The minimum atomic E-state index is -0.314. The number of thiazole rings is 1. The van der Waals surface area contributed by atoms with Gasteiger partial charge >= 0.3 is 6.03 Å². The van der Waals surface area contributed by atoms with Crippen molar-refractivity contribution in [1.82, 2.24) is 15.3 Å². The zero-order chi connectivity index (χ0) is 17.9. The van der Waals surface area contributed by atoms with E-state index in [0.29, 0.717) is 29.6 Å². The zero-order valence-corrected chi connectivity index (χ0v) is 15.2. The number of nitrogens with one attached hydrogen (secondary N) is 2. The number of urea groups is 1. The summed E-state index contributed by atoms with van der Waals surface area (Å²) in [5.41, 5.74) is 1.80. The van der Waals surface area contributed by atoms with Crippen molar-refractivity contribution in [2.45, 2.75) is 12.5 Å². The summed E-state index contributed by atoms with van der Waals surface area (Å²) in [5, 5.41) is 8.90. The maximum Gasteiger partial charge on any atom is 0.320 e. The number of halogens is 1. The van der Waals surface area contributed by atoms with Crippen LogP contribution in [0.5, 0.6) is 5.75 Å². The number of benzene rings is 1. The van der Waals surface area contributed by atoms with Crippen LogP contribution in [0.15, 0.2) is 48.1 Å². The Bertz CT molecular complexity index is 932. The van der Waals surface area contributed by atoms with Crippen LogP contribution in [0.1, 0.15) is 18.0 Å². The predicted molar refractivity (Wildman–Crippen MR) is 102 cm³/mol. The van der Waals surface area contributed by atoms with Gasteiger partial charge in [0.15, 0.2) is 0 Å². The summed E-state index contributed by atoms with van der Waals surface area (Å²) >= 11 is 7.62. The molecule has 4 rings (SSSR count). The van der Waals surface area contributed by atoms with E-state index in [0.717, 1.165) is 16.1 Å². The number of carbonyl (C=O) groups excluding carboxylic acids is 1. The Balaban J connectivity index is 1.44. The Labute approximate surface area is 159 Å². The number of para-hydroxylation sites is 1. The number of fused-ring (bicyclic) bond motifs is 1. The number of hydrogen-bond donors (Lipinski definition) is 2. The highest BCUT2D eigenvalue weighted by Gasteiger charge is 2.24. The van der Waals surface area contributed by atoms with Crippen molar-refractivity contribution in [3.63, 3.8) is 0 Å². The second-order valence-electron chi connectivity index (χ2n) is 5.73. The fraction of sp³-hybridized carbons (Fsp3) is 0.167. The van der Waals surface area contributed by atoms with Gasteiger partial charge < -0.3 is 10.1 Å². The second kappa shape index (κ2) is 7.31. The second-order valence-corrected chi connectivity index (χ2v) is 6.99. The fourth-order valence-electron chi connectivity index (χ4n) is 2.80. The Morgan fingerprint density at radius 3 is 3.08 bits per heavy atom. The van der Waals surface area contributed by atoms with Gasteiger partial charge in [0.1, 0.15) is 16.6 Å². The highest BCUT2D eigenvalue weighted by atomic mass is 35.5. The molecule has 6 nitrogen and oxygen atoms in total. The number of hydrogen-bond acceptors (Lipinski definition) is 5. The smallest absolute Gasteiger partial charge is 0.320 e. The first-order valence-corrected chi connectivity index (χ1v) is 9.31. The number of ether oxygens (including phenoxy) is 1. The first kappa shape index (κ1) is 16.8. The minimum absolute atomic E-state index is 0.158. The Hall–Kier alpha value is -2.64. The standard InChI is InChI=1S/C18H15ClN4O2S/c19-13-5-1-4-12-14(6-8-25-16(12)13)21-18(24)23-15-10-26-17(22-15)11-3-2-7-20-9-11/h1-5,7,9-10,14H,6,8H2,(H2,21,23,24)/t14-/m0/s1. The number of aromatic nitrogens is 2. The molecule has 1 aliphatic rings. The molecule has 0 fully saturated rings. The van der Waals surface area contributed by atoms with E-state index in [-0.39, 0.29) is 12.1 Å². The maximum atomic E-state index is 12.4. The van der Waals surface area contributed by atoms with E-state index in [2.05, 4.69) is 20.6 Å². The van der Waals surface area contributed by atoms with Gasteiger partial charge in [0.2, 0.25) is 0 Å². The molecule has 3 aromatic rings. The van der Waals surface area contributed by atoms with E-state index < -0.39 is 0 Å². The van der Waals surface area contributed by atoms with Crippen LogP contribution in [0, 0.1) is 0 Å². The van der Waals surface area contributed by atoms with Crippen molar-refractivity contribution >= 4 is 34.8 Å². The topological polar surface area (TPSA) is 76.1 Å². The molecule has 0 bridgehead atoms. The lowest BCUT2D eigenvalue weighted by Crippen LogP contribution is -2.35. The maximum absolute atomic E-state index is 12.4. The van der Waals surface area contributed by atoms with E-state index in [1.54, 1.807) is 23.8 Å². The van der Waals surface area contributed by atoms with Crippen LogP contribution in [0.2, 0.25) is 5.02 Å². The first-order chi connectivity index (χ1) is 12.7. The molecule has 0 aliphatic carbocycles. The summed E-state index contributed by atoms with van der Waals surface area (Å²) in [6.45, 7) is 0.504. The zero-order valence-electron chi connectivity index (χ0n) is 13.6. The minimum Gasteiger partial charge on any atom is -0.492 e. The molecule has 1 aliphatic heterocycles. The fourth-order valence-corrected chi connectivity index (χ4v) is 3.78. The molecular weight excluding hydrogens is 372 g/mol. The molecule has 26 heavy (non-hydrogen) atoms. The number of anilines is 1. The third kappa shape index (κ3) is 3.49. The summed E-state index contributed by atoms with van der Waals surface area (Å²) in [5.74, 6) is 1.14. The van der Waals surface area contributed by atoms with Gasteiger partial charge in [0.05, 0.1) is 17.7 Å². The largest absolute Gasteiger partial charge is 0.492 e. The molecule has 3 heterocycles. The number of nitrogens with zero attached hydrogens (tertiary/aromatic N) is 2. The lowest BCUT2D eigenvalue weighted by molar-refractivity contribution is 0.232. The summed E-state index contributed by atoms with van der Waals surface area (Å²) in [6.07, 6.45) is 4.13. The van der Waals surface area contributed by atoms with Crippen molar-refractivity contribution in [2.75, 3.05) is 11.9 Å². The van der Waals surface area contributed by atoms with Gasteiger partial charge in [0, 0.05) is 35.3 Å². The molecule has 0 unspecified atom stereocenters. The molecule has 2 aromatic heterocycles. The van der Waals surface area contributed by atoms with Gasteiger partial charge in [-0.1, -0.05) is 23.7 Å². The van der Waals surface area contributed by atoms with E-state index in [1.807, 2.05) is 24.3 Å². The van der Waals surface area contributed by atoms with Crippen LogP contribution in [0.25, 0.3) is 10.6 Å². The Morgan fingerprint density at radius 1 is 1.31 bits per heavy atom. The highest BCUT2D eigenvalue weighted by Crippen LogP contribution is 2.37. The van der Waals surface area contributed by atoms with Gasteiger partial charge in [-0.2, -0.15) is 0 Å². The van der Waals surface area contributed by atoms with Gasteiger partial charge in [-0.3, -0.25) is 10.3 Å². The van der Waals surface area contributed by atoms with Crippen LogP contribution in [0.4, 0.5) is 10.6 Å². The average molecular weight is 387 g/mol. The van der Waals surface area contributed by atoms with Gasteiger partial charge in [-0.05, 0) is 18.2 Å². The number of rotatable bonds is 3. The third-order valence-corrected chi connectivity index (χ3v) is 5.17. The van der Waals surface area contributed by atoms with Crippen molar-refractivity contribution in [1.29, 1.82) is 0 Å². The SMILES string of the molecule is O=C(Nc1csc(-c2cccnc2)n1)N[C@H]1CCOc2c(Cl)cccc21. The third-order valence-electron chi connectivity index (χ3n) is 3.99. The molecule has 2 amide bonds. The number of pyridine rings is 1. The number of carbonyl (C=O) groups is 1. The summed E-state index contributed by atoms with van der Waals surface area (Å²) in [7, 11) is 0.